The lowest BCUT2D eigenvalue weighted by Gasteiger charge is -2.14. The summed E-state index contributed by atoms with van der Waals surface area (Å²) in [5.41, 5.74) is 6.24. The molecular weight excluding hydrogens is 222 g/mol. The van der Waals surface area contributed by atoms with Crippen LogP contribution in [0.15, 0.2) is 18.2 Å². The minimum absolute atomic E-state index is 0.0121. The molecule has 17 heavy (non-hydrogen) atoms. The predicted octanol–water partition coefficient (Wildman–Crippen LogP) is 1.06. The molecule has 0 saturated carbocycles. The molecule has 5 heteroatoms. The molecular formula is C12H17NO4. The summed E-state index contributed by atoms with van der Waals surface area (Å²) in [6.45, 7) is 2.17. The van der Waals surface area contributed by atoms with E-state index in [1.165, 1.54) is 7.11 Å². The van der Waals surface area contributed by atoms with Crippen molar-refractivity contribution < 1.29 is 19.4 Å². The Balaban J connectivity index is 2.91. The minimum Gasteiger partial charge on any atom is -0.492 e. The second-order valence-electron chi connectivity index (χ2n) is 3.81. The van der Waals surface area contributed by atoms with Crippen molar-refractivity contribution in [2.24, 2.45) is 5.92 Å². The van der Waals surface area contributed by atoms with Gasteiger partial charge in [0.05, 0.1) is 13.7 Å². The molecule has 0 aliphatic carbocycles. The number of carbonyl (C=O) groups is 1. The molecule has 0 saturated heterocycles. The average Bonchev–Trinajstić information content (AvgIpc) is 2.35. The number of carbonyl (C=O) groups excluding carboxylic acids is 1. The number of nitrogen functional groups attached to an aromatic ring is 1. The molecule has 0 bridgehead atoms. The van der Waals surface area contributed by atoms with Crippen molar-refractivity contribution in [1.29, 1.82) is 0 Å². The van der Waals surface area contributed by atoms with Gasteiger partial charge in [-0.2, -0.15) is 0 Å². The third kappa shape index (κ3) is 3.35. The Morgan fingerprint density at radius 2 is 2.24 bits per heavy atom. The lowest BCUT2D eigenvalue weighted by Crippen LogP contribution is -2.15. The molecule has 1 atom stereocenters. The van der Waals surface area contributed by atoms with Crippen LogP contribution in [0.1, 0.15) is 17.3 Å². The van der Waals surface area contributed by atoms with Crippen LogP contribution >= 0.6 is 0 Å². The van der Waals surface area contributed by atoms with Gasteiger partial charge in [-0.1, -0.05) is 13.0 Å². The number of rotatable bonds is 5. The van der Waals surface area contributed by atoms with Crippen molar-refractivity contribution in [3.05, 3.63) is 23.8 Å². The van der Waals surface area contributed by atoms with E-state index < -0.39 is 5.97 Å². The number of nitrogens with two attached hydrogens (primary N) is 1. The molecule has 0 heterocycles. The average molecular weight is 239 g/mol. The van der Waals surface area contributed by atoms with Gasteiger partial charge in [-0.05, 0) is 12.1 Å². The van der Waals surface area contributed by atoms with Crippen LogP contribution < -0.4 is 10.5 Å². The number of hydrogen-bond donors (Lipinski definition) is 2. The molecule has 94 valence electrons. The normalized spacial score (nSPS) is 11.9. The summed E-state index contributed by atoms with van der Waals surface area (Å²) in [6.07, 6.45) is 0. The number of anilines is 1. The Labute approximate surface area is 100 Å². The SMILES string of the molecule is COC(=O)c1c(N)cccc1OCC(C)CO. The molecule has 1 rings (SSSR count). The molecule has 0 amide bonds. The summed E-state index contributed by atoms with van der Waals surface area (Å²) in [4.78, 5) is 11.5. The Kier molecular flexibility index (Phi) is 4.78. The number of aliphatic hydroxyl groups is 1. The smallest absolute Gasteiger partial charge is 0.343 e. The van der Waals surface area contributed by atoms with Crippen LogP contribution in [0.4, 0.5) is 5.69 Å². The van der Waals surface area contributed by atoms with Crippen LogP contribution in [0.25, 0.3) is 0 Å². The molecule has 0 radical (unpaired) electrons. The third-order valence-corrected chi connectivity index (χ3v) is 2.28. The fourth-order valence-corrected chi connectivity index (χ4v) is 1.27. The highest BCUT2D eigenvalue weighted by molar-refractivity contribution is 5.98. The maximum Gasteiger partial charge on any atom is 0.343 e. The zero-order valence-electron chi connectivity index (χ0n) is 9.97. The van der Waals surface area contributed by atoms with Gasteiger partial charge in [0.1, 0.15) is 11.3 Å². The summed E-state index contributed by atoms with van der Waals surface area (Å²) in [7, 11) is 1.29. The van der Waals surface area contributed by atoms with E-state index >= 15 is 0 Å². The molecule has 3 N–H and O–H groups in total. The first-order valence-corrected chi connectivity index (χ1v) is 5.30. The van der Waals surface area contributed by atoms with Crippen LogP contribution in [0.5, 0.6) is 5.75 Å². The van der Waals surface area contributed by atoms with E-state index in [0.29, 0.717) is 18.0 Å². The highest BCUT2D eigenvalue weighted by Crippen LogP contribution is 2.25. The van der Waals surface area contributed by atoms with Crippen molar-refractivity contribution in [1.82, 2.24) is 0 Å². The molecule has 1 aromatic rings. The van der Waals surface area contributed by atoms with Crippen molar-refractivity contribution >= 4 is 11.7 Å². The summed E-state index contributed by atoms with van der Waals surface area (Å²) in [5, 5.41) is 8.90. The number of benzene rings is 1. The van der Waals surface area contributed by atoms with Gasteiger partial charge in [0.25, 0.3) is 0 Å². The number of hydrogen-bond acceptors (Lipinski definition) is 5. The lowest BCUT2D eigenvalue weighted by atomic mass is 10.1. The van der Waals surface area contributed by atoms with E-state index in [-0.39, 0.29) is 18.1 Å². The van der Waals surface area contributed by atoms with E-state index in [4.69, 9.17) is 15.6 Å². The van der Waals surface area contributed by atoms with E-state index in [1.54, 1.807) is 18.2 Å². The van der Waals surface area contributed by atoms with E-state index in [9.17, 15) is 4.79 Å². The van der Waals surface area contributed by atoms with Gasteiger partial charge in [-0.15, -0.1) is 0 Å². The highest BCUT2D eigenvalue weighted by atomic mass is 16.5. The first-order valence-electron chi connectivity index (χ1n) is 5.30. The first-order chi connectivity index (χ1) is 8.10. The molecule has 5 nitrogen and oxygen atoms in total. The van der Waals surface area contributed by atoms with Crippen LogP contribution in [0.2, 0.25) is 0 Å². The molecule has 0 aliphatic heterocycles. The van der Waals surface area contributed by atoms with Gasteiger partial charge in [-0.25, -0.2) is 4.79 Å². The zero-order valence-corrected chi connectivity index (χ0v) is 9.97. The number of ether oxygens (including phenoxy) is 2. The van der Waals surface area contributed by atoms with E-state index in [2.05, 4.69) is 4.74 Å². The topological polar surface area (TPSA) is 81.8 Å². The Morgan fingerprint density at radius 3 is 2.82 bits per heavy atom. The Hall–Kier alpha value is -1.75. The predicted molar refractivity (Wildman–Crippen MR) is 63.9 cm³/mol. The molecule has 0 fully saturated rings. The van der Waals surface area contributed by atoms with Crippen molar-refractivity contribution in [2.75, 3.05) is 26.1 Å². The maximum absolute atomic E-state index is 11.5. The number of aliphatic hydroxyl groups excluding tert-OH is 1. The molecule has 0 aromatic heterocycles. The van der Waals surface area contributed by atoms with Crippen LogP contribution in [-0.2, 0) is 4.74 Å². The van der Waals surface area contributed by atoms with Crippen LogP contribution in [-0.4, -0.2) is 31.4 Å². The van der Waals surface area contributed by atoms with Crippen molar-refractivity contribution in [3.63, 3.8) is 0 Å². The number of methoxy groups -OCH3 is 1. The fourth-order valence-electron chi connectivity index (χ4n) is 1.27. The van der Waals surface area contributed by atoms with Gasteiger partial charge in [0, 0.05) is 18.2 Å². The Bertz CT molecular complexity index is 392. The number of esters is 1. The lowest BCUT2D eigenvalue weighted by molar-refractivity contribution is 0.0596. The first kappa shape index (κ1) is 13.3. The van der Waals surface area contributed by atoms with Gasteiger partial charge in [0.2, 0.25) is 0 Å². The van der Waals surface area contributed by atoms with Crippen molar-refractivity contribution in [3.8, 4) is 5.75 Å². The third-order valence-electron chi connectivity index (χ3n) is 2.28. The minimum atomic E-state index is -0.533. The summed E-state index contributed by atoms with van der Waals surface area (Å²) in [6, 6.07) is 4.95. The van der Waals surface area contributed by atoms with Gasteiger partial charge in [-0.3, -0.25) is 0 Å². The van der Waals surface area contributed by atoms with E-state index in [1.807, 2.05) is 6.92 Å². The van der Waals surface area contributed by atoms with Gasteiger partial charge >= 0.3 is 5.97 Å². The van der Waals surface area contributed by atoms with Crippen LogP contribution in [0.3, 0.4) is 0 Å². The molecule has 0 spiro atoms. The highest BCUT2D eigenvalue weighted by Gasteiger charge is 2.17. The second-order valence-corrected chi connectivity index (χ2v) is 3.81. The zero-order chi connectivity index (χ0) is 12.8. The Morgan fingerprint density at radius 1 is 1.53 bits per heavy atom. The van der Waals surface area contributed by atoms with Gasteiger partial charge in [0.15, 0.2) is 0 Å². The molecule has 1 aromatic carbocycles. The van der Waals surface area contributed by atoms with Gasteiger partial charge < -0.3 is 20.3 Å². The van der Waals surface area contributed by atoms with E-state index in [0.717, 1.165) is 0 Å². The second kappa shape index (κ2) is 6.10. The van der Waals surface area contributed by atoms with Crippen molar-refractivity contribution in [2.45, 2.75) is 6.92 Å². The summed E-state index contributed by atoms with van der Waals surface area (Å²) < 4.78 is 10.1. The monoisotopic (exact) mass is 239 g/mol. The fraction of sp³-hybridized carbons (Fsp3) is 0.417. The quantitative estimate of drug-likeness (QED) is 0.593. The largest absolute Gasteiger partial charge is 0.492 e. The van der Waals surface area contributed by atoms with Crippen LogP contribution in [0, 0.1) is 5.92 Å². The molecule has 0 aliphatic rings. The molecule has 1 unspecified atom stereocenters. The summed E-state index contributed by atoms with van der Waals surface area (Å²) >= 11 is 0. The maximum atomic E-state index is 11.5. The summed E-state index contributed by atoms with van der Waals surface area (Å²) in [5.74, 6) is -0.172. The standard InChI is InChI=1S/C12H17NO4/c1-8(6-14)7-17-10-5-3-4-9(13)11(10)12(15)16-2/h3-5,8,14H,6-7,13H2,1-2H3.